The van der Waals surface area contributed by atoms with Crippen LogP contribution in [0.25, 0.3) is 0 Å². The van der Waals surface area contributed by atoms with Gasteiger partial charge in [0.05, 0.1) is 0 Å². The van der Waals surface area contributed by atoms with Crippen molar-refractivity contribution in [1.29, 1.82) is 0 Å². The molecule has 1 aromatic carbocycles. The molecule has 0 fully saturated rings. The van der Waals surface area contributed by atoms with Gasteiger partial charge in [-0.2, -0.15) is 0 Å². The van der Waals surface area contributed by atoms with Crippen LogP contribution in [-0.4, -0.2) is 34.6 Å². The lowest BCUT2D eigenvalue weighted by Crippen LogP contribution is -2.43. The molecule has 22 heavy (non-hydrogen) atoms. The van der Waals surface area contributed by atoms with Crippen LogP contribution in [0.4, 0.5) is 5.69 Å². The van der Waals surface area contributed by atoms with E-state index in [9.17, 15) is 14.4 Å². The number of carbonyl (C=O) groups is 3. The summed E-state index contributed by atoms with van der Waals surface area (Å²) in [5.74, 6) is -6.28. The number of carboxylic acids is 2. The second kappa shape index (κ2) is 8.81. The number of amides is 1. The summed E-state index contributed by atoms with van der Waals surface area (Å²) in [4.78, 5) is 35.7. The SMILES string of the molecule is CCCCCCN(C(=O)C(C(=O)O)C(=O)O)c1ccccc1. The molecule has 0 saturated heterocycles. The van der Waals surface area contributed by atoms with Gasteiger partial charge in [0.2, 0.25) is 5.92 Å². The summed E-state index contributed by atoms with van der Waals surface area (Å²) in [6.07, 6.45) is 3.64. The van der Waals surface area contributed by atoms with E-state index in [0.717, 1.165) is 19.3 Å². The molecule has 0 spiro atoms. The van der Waals surface area contributed by atoms with E-state index >= 15 is 0 Å². The van der Waals surface area contributed by atoms with Crippen molar-refractivity contribution in [3.05, 3.63) is 30.3 Å². The molecule has 0 aliphatic heterocycles. The topological polar surface area (TPSA) is 94.9 Å². The molecule has 0 saturated carbocycles. The number of carboxylic acid groups (broad SMARTS) is 2. The Morgan fingerprint density at radius 1 is 1.00 bits per heavy atom. The highest BCUT2D eigenvalue weighted by Crippen LogP contribution is 2.18. The number of benzene rings is 1. The van der Waals surface area contributed by atoms with Gasteiger partial charge in [-0.05, 0) is 18.6 Å². The Labute approximate surface area is 129 Å². The molecule has 6 heteroatoms. The van der Waals surface area contributed by atoms with E-state index in [4.69, 9.17) is 10.2 Å². The first kappa shape index (κ1) is 17.7. The summed E-state index contributed by atoms with van der Waals surface area (Å²) in [5, 5.41) is 18.0. The van der Waals surface area contributed by atoms with Crippen LogP contribution in [0, 0.1) is 5.92 Å². The molecule has 0 unspecified atom stereocenters. The third kappa shape index (κ3) is 4.87. The van der Waals surface area contributed by atoms with Gasteiger partial charge >= 0.3 is 11.9 Å². The molecule has 0 atom stereocenters. The van der Waals surface area contributed by atoms with Gasteiger partial charge in [0.25, 0.3) is 5.91 Å². The maximum Gasteiger partial charge on any atom is 0.327 e. The lowest BCUT2D eigenvalue weighted by atomic mass is 10.1. The smallest absolute Gasteiger partial charge is 0.327 e. The summed E-state index contributed by atoms with van der Waals surface area (Å²) in [6, 6.07) is 8.54. The minimum atomic E-state index is -2.08. The van der Waals surface area contributed by atoms with Crippen LogP contribution in [0.2, 0.25) is 0 Å². The second-order valence-corrected chi connectivity index (χ2v) is 5.00. The summed E-state index contributed by atoms with van der Waals surface area (Å²) >= 11 is 0. The summed E-state index contributed by atoms with van der Waals surface area (Å²) in [7, 11) is 0. The Kier molecular flexibility index (Phi) is 7.08. The second-order valence-electron chi connectivity index (χ2n) is 5.00. The molecule has 6 nitrogen and oxygen atoms in total. The Hall–Kier alpha value is -2.37. The van der Waals surface area contributed by atoms with Gasteiger partial charge in [0, 0.05) is 12.2 Å². The number of aliphatic carboxylic acids is 2. The van der Waals surface area contributed by atoms with Gasteiger partial charge in [0.1, 0.15) is 0 Å². The number of anilines is 1. The van der Waals surface area contributed by atoms with E-state index in [2.05, 4.69) is 6.92 Å². The van der Waals surface area contributed by atoms with E-state index in [0.29, 0.717) is 18.7 Å². The molecule has 0 radical (unpaired) electrons. The van der Waals surface area contributed by atoms with Crippen molar-refractivity contribution < 1.29 is 24.6 Å². The van der Waals surface area contributed by atoms with E-state index in [1.165, 1.54) is 4.90 Å². The van der Waals surface area contributed by atoms with Crippen molar-refractivity contribution in [3.8, 4) is 0 Å². The number of carbonyl (C=O) groups excluding carboxylic acids is 1. The molecule has 0 aliphatic carbocycles. The molecule has 1 rings (SSSR count). The molecule has 2 N–H and O–H groups in total. The first-order chi connectivity index (χ1) is 10.5. The van der Waals surface area contributed by atoms with Crippen LogP contribution in [0.3, 0.4) is 0 Å². The van der Waals surface area contributed by atoms with Gasteiger partial charge < -0.3 is 15.1 Å². The maximum absolute atomic E-state index is 12.4. The van der Waals surface area contributed by atoms with Crippen LogP contribution >= 0.6 is 0 Å². The van der Waals surface area contributed by atoms with E-state index in [-0.39, 0.29) is 0 Å². The first-order valence-electron chi connectivity index (χ1n) is 7.31. The predicted molar refractivity (Wildman–Crippen MR) is 81.7 cm³/mol. The Bertz CT molecular complexity index is 501. The quantitative estimate of drug-likeness (QED) is 0.539. The Morgan fingerprint density at radius 3 is 2.09 bits per heavy atom. The van der Waals surface area contributed by atoms with Crippen molar-refractivity contribution in [2.45, 2.75) is 32.6 Å². The standard InChI is InChI=1S/C16H21NO5/c1-2-3-4-8-11-17(12-9-6-5-7-10-12)14(18)13(15(19)20)16(21)22/h5-7,9-10,13H,2-4,8,11H2,1H3,(H,19,20)(H,21,22). The van der Waals surface area contributed by atoms with E-state index in [1.54, 1.807) is 30.3 Å². The van der Waals surface area contributed by atoms with Crippen molar-refractivity contribution in [2.24, 2.45) is 5.92 Å². The van der Waals surface area contributed by atoms with Gasteiger partial charge in [-0.15, -0.1) is 0 Å². The van der Waals surface area contributed by atoms with Gasteiger partial charge in [-0.25, -0.2) is 0 Å². The Morgan fingerprint density at radius 2 is 1.59 bits per heavy atom. The average molecular weight is 307 g/mol. The molecule has 0 aromatic heterocycles. The lowest BCUT2D eigenvalue weighted by Gasteiger charge is -2.24. The largest absolute Gasteiger partial charge is 0.480 e. The Balaban J connectivity index is 2.96. The van der Waals surface area contributed by atoms with Crippen LogP contribution in [0.15, 0.2) is 30.3 Å². The average Bonchev–Trinajstić information content (AvgIpc) is 2.47. The molecular weight excluding hydrogens is 286 g/mol. The molecule has 0 aliphatic rings. The van der Waals surface area contributed by atoms with Gasteiger partial charge in [0.15, 0.2) is 0 Å². The number of unbranched alkanes of at least 4 members (excludes halogenated alkanes) is 3. The summed E-state index contributed by atoms with van der Waals surface area (Å²) in [5.41, 5.74) is 0.511. The van der Waals surface area contributed by atoms with Crippen molar-refractivity contribution >= 4 is 23.5 Å². The first-order valence-corrected chi connectivity index (χ1v) is 7.31. The zero-order valence-corrected chi connectivity index (χ0v) is 12.6. The molecular formula is C16H21NO5. The lowest BCUT2D eigenvalue weighted by molar-refractivity contribution is -0.157. The highest BCUT2D eigenvalue weighted by molar-refractivity contribution is 6.18. The normalized spacial score (nSPS) is 10.5. The molecule has 0 heterocycles. The van der Waals surface area contributed by atoms with E-state index in [1.807, 2.05) is 0 Å². The minimum absolute atomic E-state index is 0.305. The van der Waals surface area contributed by atoms with Crippen LogP contribution in [0.1, 0.15) is 32.6 Å². The van der Waals surface area contributed by atoms with Crippen LogP contribution < -0.4 is 4.90 Å². The molecule has 0 bridgehead atoms. The summed E-state index contributed by atoms with van der Waals surface area (Å²) in [6.45, 7) is 2.37. The molecule has 120 valence electrons. The molecule has 1 amide bonds. The minimum Gasteiger partial charge on any atom is -0.480 e. The fourth-order valence-corrected chi connectivity index (χ4v) is 2.14. The molecule has 1 aromatic rings. The van der Waals surface area contributed by atoms with Crippen molar-refractivity contribution in [2.75, 3.05) is 11.4 Å². The van der Waals surface area contributed by atoms with Gasteiger partial charge in [-0.3, -0.25) is 14.4 Å². The monoisotopic (exact) mass is 307 g/mol. The number of hydrogen-bond acceptors (Lipinski definition) is 3. The third-order valence-electron chi connectivity index (χ3n) is 3.31. The zero-order chi connectivity index (χ0) is 16.5. The van der Waals surface area contributed by atoms with E-state index < -0.39 is 23.8 Å². The number of nitrogens with zero attached hydrogens (tertiary/aromatic N) is 1. The van der Waals surface area contributed by atoms with Crippen LogP contribution in [-0.2, 0) is 14.4 Å². The highest BCUT2D eigenvalue weighted by atomic mass is 16.4. The number of rotatable bonds is 9. The van der Waals surface area contributed by atoms with Crippen LogP contribution in [0.5, 0.6) is 0 Å². The predicted octanol–water partition coefficient (Wildman–Crippen LogP) is 2.39. The zero-order valence-electron chi connectivity index (χ0n) is 12.6. The van der Waals surface area contributed by atoms with Crippen molar-refractivity contribution in [1.82, 2.24) is 0 Å². The van der Waals surface area contributed by atoms with Crippen molar-refractivity contribution in [3.63, 3.8) is 0 Å². The maximum atomic E-state index is 12.4. The number of hydrogen-bond donors (Lipinski definition) is 2. The number of para-hydroxylation sites is 1. The fraction of sp³-hybridized carbons (Fsp3) is 0.438. The summed E-state index contributed by atoms with van der Waals surface area (Å²) < 4.78 is 0. The highest BCUT2D eigenvalue weighted by Gasteiger charge is 2.37. The fourth-order valence-electron chi connectivity index (χ4n) is 2.14. The van der Waals surface area contributed by atoms with Gasteiger partial charge in [-0.1, -0.05) is 44.4 Å². The third-order valence-corrected chi connectivity index (χ3v) is 3.31.